The van der Waals surface area contributed by atoms with Crippen LogP contribution in [0.15, 0.2) is 24.4 Å². The Morgan fingerprint density at radius 1 is 1.19 bits per heavy atom. The second-order valence-electron chi connectivity index (χ2n) is 5.96. The lowest BCUT2D eigenvalue weighted by atomic mass is 9.95. The van der Waals surface area contributed by atoms with Gasteiger partial charge in [-0.05, 0) is 38.3 Å². The zero-order valence-corrected chi connectivity index (χ0v) is 13.5. The van der Waals surface area contributed by atoms with E-state index in [0.29, 0.717) is 6.04 Å². The van der Waals surface area contributed by atoms with Gasteiger partial charge in [0.15, 0.2) is 0 Å². The molecule has 1 fully saturated rings. The summed E-state index contributed by atoms with van der Waals surface area (Å²) < 4.78 is 2.30. The van der Waals surface area contributed by atoms with Crippen LogP contribution in [0.5, 0.6) is 0 Å². The second kappa shape index (κ2) is 6.10. The standard InChI is InChI=1S/C17H22ClN3/c1-12-7-6-10-15(18)16(12)20-17-19-13(2)11-21(17)14-8-4-3-5-9-14/h6-7,10-11,14H,3-5,8-9H2,1-2H3,(H,19,20). The highest BCUT2D eigenvalue weighted by molar-refractivity contribution is 6.33. The smallest absolute Gasteiger partial charge is 0.207 e. The van der Waals surface area contributed by atoms with Crippen LogP contribution in [0, 0.1) is 13.8 Å². The Hall–Kier alpha value is -1.48. The summed E-state index contributed by atoms with van der Waals surface area (Å²) in [7, 11) is 0. The minimum absolute atomic E-state index is 0.560. The SMILES string of the molecule is Cc1cn(C2CCCCC2)c(Nc2c(C)cccc2Cl)n1. The summed E-state index contributed by atoms with van der Waals surface area (Å²) in [6, 6.07) is 6.51. The molecule has 1 saturated carbocycles. The summed E-state index contributed by atoms with van der Waals surface area (Å²) >= 11 is 6.32. The lowest BCUT2D eigenvalue weighted by Gasteiger charge is -2.25. The van der Waals surface area contributed by atoms with E-state index in [0.717, 1.165) is 27.9 Å². The van der Waals surface area contributed by atoms with E-state index in [1.807, 2.05) is 19.1 Å². The van der Waals surface area contributed by atoms with E-state index >= 15 is 0 Å². The van der Waals surface area contributed by atoms with Crippen molar-refractivity contribution in [1.82, 2.24) is 9.55 Å². The first-order valence-electron chi connectivity index (χ1n) is 7.73. The van der Waals surface area contributed by atoms with Gasteiger partial charge in [0.05, 0.1) is 16.4 Å². The predicted molar refractivity (Wildman–Crippen MR) is 88.6 cm³/mol. The van der Waals surface area contributed by atoms with Gasteiger partial charge in [-0.2, -0.15) is 0 Å². The van der Waals surface area contributed by atoms with Gasteiger partial charge >= 0.3 is 0 Å². The Morgan fingerprint density at radius 2 is 1.95 bits per heavy atom. The van der Waals surface area contributed by atoms with Gasteiger partial charge in [0, 0.05) is 12.2 Å². The van der Waals surface area contributed by atoms with Crippen molar-refractivity contribution in [2.75, 3.05) is 5.32 Å². The maximum Gasteiger partial charge on any atom is 0.207 e. The van der Waals surface area contributed by atoms with Crippen LogP contribution in [0.1, 0.15) is 49.4 Å². The molecule has 1 aromatic carbocycles. The van der Waals surface area contributed by atoms with Crippen molar-refractivity contribution >= 4 is 23.2 Å². The Balaban J connectivity index is 1.92. The molecule has 4 heteroatoms. The number of rotatable bonds is 3. The summed E-state index contributed by atoms with van der Waals surface area (Å²) in [6.07, 6.45) is 8.62. The molecule has 3 nitrogen and oxygen atoms in total. The highest BCUT2D eigenvalue weighted by Gasteiger charge is 2.19. The van der Waals surface area contributed by atoms with E-state index in [1.165, 1.54) is 32.1 Å². The molecule has 1 N–H and O–H groups in total. The van der Waals surface area contributed by atoms with E-state index < -0.39 is 0 Å². The first-order valence-corrected chi connectivity index (χ1v) is 8.10. The minimum Gasteiger partial charge on any atom is -0.324 e. The quantitative estimate of drug-likeness (QED) is 0.822. The maximum absolute atomic E-state index is 6.32. The van der Waals surface area contributed by atoms with Gasteiger partial charge < -0.3 is 9.88 Å². The fourth-order valence-corrected chi connectivity index (χ4v) is 3.42. The fourth-order valence-electron chi connectivity index (χ4n) is 3.15. The van der Waals surface area contributed by atoms with Crippen molar-refractivity contribution in [3.05, 3.63) is 40.7 Å². The molecule has 2 aromatic rings. The fraction of sp³-hybridized carbons (Fsp3) is 0.471. The largest absolute Gasteiger partial charge is 0.324 e. The summed E-state index contributed by atoms with van der Waals surface area (Å²) in [5, 5.41) is 4.19. The number of benzene rings is 1. The van der Waals surface area contributed by atoms with Gasteiger partial charge in [-0.1, -0.05) is 43.0 Å². The molecule has 112 valence electrons. The van der Waals surface area contributed by atoms with Gasteiger partial charge in [-0.15, -0.1) is 0 Å². The molecule has 1 aromatic heterocycles. The van der Waals surface area contributed by atoms with Crippen LogP contribution >= 0.6 is 11.6 Å². The summed E-state index contributed by atoms with van der Waals surface area (Å²) in [5.41, 5.74) is 3.15. The van der Waals surface area contributed by atoms with Gasteiger partial charge in [0.1, 0.15) is 0 Å². The number of anilines is 2. The molecule has 3 rings (SSSR count). The highest BCUT2D eigenvalue weighted by Crippen LogP contribution is 2.33. The molecule has 1 heterocycles. The third-order valence-corrected chi connectivity index (χ3v) is 4.59. The summed E-state index contributed by atoms with van der Waals surface area (Å²) in [6.45, 7) is 4.11. The van der Waals surface area contributed by atoms with Crippen LogP contribution in [0.4, 0.5) is 11.6 Å². The Kier molecular flexibility index (Phi) is 4.20. The van der Waals surface area contributed by atoms with Crippen molar-refractivity contribution in [1.29, 1.82) is 0 Å². The minimum atomic E-state index is 0.560. The number of nitrogens with zero attached hydrogens (tertiary/aromatic N) is 2. The highest BCUT2D eigenvalue weighted by atomic mass is 35.5. The number of hydrogen-bond donors (Lipinski definition) is 1. The lowest BCUT2D eigenvalue weighted by molar-refractivity contribution is 0.356. The van der Waals surface area contributed by atoms with Gasteiger partial charge in [-0.25, -0.2) is 4.98 Å². The first-order chi connectivity index (χ1) is 10.1. The summed E-state index contributed by atoms with van der Waals surface area (Å²) in [4.78, 5) is 4.66. The Morgan fingerprint density at radius 3 is 2.67 bits per heavy atom. The van der Waals surface area contributed by atoms with Crippen LogP contribution in [0.2, 0.25) is 5.02 Å². The summed E-state index contributed by atoms with van der Waals surface area (Å²) in [5.74, 6) is 0.913. The van der Waals surface area contributed by atoms with Gasteiger partial charge in [-0.3, -0.25) is 0 Å². The maximum atomic E-state index is 6.32. The molecule has 1 aliphatic rings. The Labute approximate surface area is 131 Å². The third-order valence-electron chi connectivity index (χ3n) is 4.28. The van der Waals surface area contributed by atoms with Crippen LogP contribution in [0.3, 0.4) is 0 Å². The van der Waals surface area contributed by atoms with Crippen molar-refractivity contribution in [3.8, 4) is 0 Å². The topological polar surface area (TPSA) is 29.9 Å². The number of aryl methyl sites for hydroxylation is 2. The van der Waals surface area contributed by atoms with Crippen molar-refractivity contribution < 1.29 is 0 Å². The number of hydrogen-bond acceptors (Lipinski definition) is 2. The van der Waals surface area contributed by atoms with E-state index in [2.05, 4.69) is 34.1 Å². The normalized spacial score (nSPS) is 16.1. The van der Waals surface area contributed by atoms with E-state index in [4.69, 9.17) is 11.6 Å². The molecule has 0 radical (unpaired) electrons. The molecule has 0 saturated heterocycles. The number of nitrogens with one attached hydrogen (secondary N) is 1. The molecule has 0 amide bonds. The van der Waals surface area contributed by atoms with Crippen molar-refractivity contribution in [3.63, 3.8) is 0 Å². The number of aromatic nitrogens is 2. The first kappa shape index (κ1) is 14.5. The molecule has 0 aliphatic heterocycles. The van der Waals surface area contributed by atoms with Crippen LogP contribution in [0.25, 0.3) is 0 Å². The second-order valence-corrected chi connectivity index (χ2v) is 6.37. The van der Waals surface area contributed by atoms with Crippen LogP contribution in [-0.2, 0) is 0 Å². The zero-order chi connectivity index (χ0) is 14.8. The molecular formula is C17H22ClN3. The molecule has 21 heavy (non-hydrogen) atoms. The zero-order valence-electron chi connectivity index (χ0n) is 12.7. The van der Waals surface area contributed by atoms with Crippen LogP contribution in [-0.4, -0.2) is 9.55 Å². The average molecular weight is 304 g/mol. The number of para-hydroxylation sites is 1. The molecular weight excluding hydrogens is 282 g/mol. The van der Waals surface area contributed by atoms with Gasteiger partial charge in [0.25, 0.3) is 0 Å². The van der Waals surface area contributed by atoms with E-state index in [9.17, 15) is 0 Å². The van der Waals surface area contributed by atoms with Gasteiger partial charge in [0.2, 0.25) is 5.95 Å². The lowest BCUT2D eigenvalue weighted by Crippen LogP contribution is -2.14. The van der Waals surface area contributed by atoms with Crippen molar-refractivity contribution in [2.24, 2.45) is 0 Å². The third kappa shape index (κ3) is 3.08. The number of halogens is 1. The molecule has 0 bridgehead atoms. The molecule has 0 spiro atoms. The van der Waals surface area contributed by atoms with Crippen molar-refractivity contribution in [2.45, 2.75) is 52.0 Å². The average Bonchev–Trinajstić information content (AvgIpc) is 2.85. The predicted octanol–water partition coefficient (Wildman–Crippen LogP) is 5.40. The van der Waals surface area contributed by atoms with E-state index in [-0.39, 0.29) is 0 Å². The van der Waals surface area contributed by atoms with Crippen LogP contribution < -0.4 is 5.32 Å². The molecule has 1 aliphatic carbocycles. The molecule has 0 atom stereocenters. The monoisotopic (exact) mass is 303 g/mol. The molecule has 0 unspecified atom stereocenters. The van der Waals surface area contributed by atoms with E-state index in [1.54, 1.807) is 0 Å². The number of imidazole rings is 1. The Bertz CT molecular complexity index is 607.